The van der Waals surface area contributed by atoms with Crippen molar-refractivity contribution < 1.29 is 9.59 Å². The minimum absolute atomic E-state index is 0.0649. The van der Waals surface area contributed by atoms with E-state index in [1.807, 2.05) is 23.6 Å². The van der Waals surface area contributed by atoms with E-state index < -0.39 is 16.7 Å². The summed E-state index contributed by atoms with van der Waals surface area (Å²) in [5.74, 6) is -0.842. The van der Waals surface area contributed by atoms with Crippen molar-refractivity contribution in [3.63, 3.8) is 0 Å². The molecule has 3 aliphatic rings. The van der Waals surface area contributed by atoms with Crippen LogP contribution in [0, 0.1) is 28.6 Å². The SMILES string of the molecule is CC(=O)[C@]12C[C@@]3(c4ccccc4CC[C@@H]3[C@H]1c1cccs1)C(C#N)C2=O. The fourth-order valence-corrected chi connectivity index (χ4v) is 7.35. The first-order valence-electron chi connectivity index (χ1n) is 9.14. The zero-order valence-corrected chi connectivity index (χ0v) is 15.4. The van der Waals surface area contributed by atoms with E-state index in [0.29, 0.717) is 6.42 Å². The number of hydrogen-bond acceptors (Lipinski definition) is 4. The van der Waals surface area contributed by atoms with Crippen molar-refractivity contribution in [3.05, 3.63) is 57.8 Å². The number of rotatable bonds is 2. The molecule has 1 unspecified atom stereocenters. The molecule has 0 radical (unpaired) electrons. The van der Waals surface area contributed by atoms with Gasteiger partial charge in [-0.15, -0.1) is 11.3 Å². The normalized spacial score (nSPS) is 37.1. The van der Waals surface area contributed by atoms with Crippen LogP contribution in [0.3, 0.4) is 0 Å². The molecule has 3 nitrogen and oxygen atoms in total. The van der Waals surface area contributed by atoms with E-state index >= 15 is 0 Å². The lowest BCUT2D eigenvalue weighted by molar-refractivity contribution is -0.141. The maximum Gasteiger partial charge on any atom is 0.165 e. The van der Waals surface area contributed by atoms with Crippen LogP contribution in [0.1, 0.15) is 41.7 Å². The lowest BCUT2D eigenvalue weighted by Crippen LogP contribution is -2.50. The topological polar surface area (TPSA) is 57.9 Å². The summed E-state index contributed by atoms with van der Waals surface area (Å²) in [7, 11) is 0. The van der Waals surface area contributed by atoms with Gasteiger partial charge in [0, 0.05) is 16.2 Å². The van der Waals surface area contributed by atoms with Crippen LogP contribution in [0.5, 0.6) is 0 Å². The molecular weight excluding hydrogens is 342 g/mol. The van der Waals surface area contributed by atoms with Gasteiger partial charge in [0.2, 0.25) is 0 Å². The fraction of sp³-hybridized carbons (Fsp3) is 0.409. The van der Waals surface area contributed by atoms with Gasteiger partial charge >= 0.3 is 0 Å². The third kappa shape index (κ3) is 1.59. The lowest BCUT2D eigenvalue weighted by Gasteiger charge is -2.47. The number of carbonyl (C=O) groups excluding carboxylic acids is 2. The Morgan fingerprint density at radius 1 is 1.27 bits per heavy atom. The van der Waals surface area contributed by atoms with E-state index in [2.05, 4.69) is 24.3 Å². The van der Waals surface area contributed by atoms with E-state index in [-0.39, 0.29) is 23.4 Å². The Morgan fingerprint density at radius 2 is 2.08 bits per heavy atom. The predicted octanol–water partition coefficient (Wildman–Crippen LogP) is 4.03. The van der Waals surface area contributed by atoms with Gasteiger partial charge in [-0.1, -0.05) is 30.3 Å². The number of carbonyl (C=O) groups is 2. The first kappa shape index (κ1) is 16.0. The van der Waals surface area contributed by atoms with Crippen molar-refractivity contribution in [2.24, 2.45) is 17.3 Å². The van der Waals surface area contributed by atoms with Gasteiger partial charge in [-0.3, -0.25) is 9.59 Å². The maximum atomic E-state index is 13.5. The minimum atomic E-state index is -1.03. The molecule has 0 amide bonds. The molecule has 1 spiro atoms. The van der Waals surface area contributed by atoms with Gasteiger partial charge < -0.3 is 0 Å². The second kappa shape index (κ2) is 5.14. The zero-order chi connectivity index (χ0) is 18.1. The molecule has 1 heterocycles. The molecule has 5 rings (SSSR count). The molecule has 3 aliphatic carbocycles. The summed E-state index contributed by atoms with van der Waals surface area (Å²) >= 11 is 1.63. The van der Waals surface area contributed by atoms with Gasteiger partial charge in [0.25, 0.3) is 0 Å². The van der Waals surface area contributed by atoms with Crippen LogP contribution in [0.15, 0.2) is 41.8 Å². The molecule has 1 aromatic carbocycles. The van der Waals surface area contributed by atoms with Crippen molar-refractivity contribution in [2.75, 3.05) is 0 Å². The number of benzene rings is 1. The quantitative estimate of drug-likeness (QED) is 0.759. The van der Waals surface area contributed by atoms with Gasteiger partial charge in [-0.25, -0.2) is 0 Å². The molecule has 2 aromatic rings. The first-order chi connectivity index (χ1) is 12.6. The second-order valence-corrected chi connectivity index (χ2v) is 8.95. The van der Waals surface area contributed by atoms with Gasteiger partial charge in [0.1, 0.15) is 11.7 Å². The zero-order valence-electron chi connectivity index (χ0n) is 14.6. The van der Waals surface area contributed by atoms with Crippen LogP contribution in [0.25, 0.3) is 0 Å². The van der Waals surface area contributed by atoms with Crippen LogP contribution in [-0.2, 0) is 21.4 Å². The fourth-order valence-electron chi connectivity index (χ4n) is 6.37. The van der Waals surface area contributed by atoms with E-state index in [9.17, 15) is 14.9 Å². The molecule has 5 atom stereocenters. The van der Waals surface area contributed by atoms with Crippen molar-refractivity contribution >= 4 is 22.9 Å². The molecular formula is C22H19NO2S. The summed E-state index contributed by atoms with van der Waals surface area (Å²) in [4.78, 5) is 27.5. The molecule has 2 fully saturated rings. The number of thiophene rings is 1. The highest BCUT2D eigenvalue weighted by Crippen LogP contribution is 2.74. The smallest absolute Gasteiger partial charge is 0.165 e. The van der Waals surface area contributed by atoms with E-state index in [0.717, 1.165) is 23.3 Å². The van der Waals surface area contributed by atoms with E-state index in [4.69, 9.17) is 0 Å². The summed E-state index contributed by atoms with van der Waals surface area (Å²) in [6, 6.07) is 14.6. The molecule has 1 aromatic heterocycles. The Bertz CT molecular complexity index is 972. The maximum absolute atomic E-state index is 13.5. The summed E-state index contributed by atoms with van der Waals surface area (Å²) in [5, 5.41) is 12.0. The van der Waals surface area contributed by atoms with Crippen molar-refractivity contribution in [2.45, 2.75) is 37.5 Å². The summed E-state index contributed by atoms with van der Waals surface area (Å²) in [6.45, 7) is 1.55. The molecule has 0 N–H and O–H groups in total. The van der Waals surface area contributed by atoms with Crippen LogP contribution in [-0.4, -0.2) is 11.6 Å². The summed E-state index contributed by atoms with van der Waals surface area (Å²) in [6.07, 6.45) is 2.38. The monoisotopic (exact) mass is 361 g/mol. The Kier molecular flexibility index (Phi) is 3.16. The molecule has 2 saturated carbocycles. The van der Waals surface area contributed by atoms with Crippen LogP contribution < -0.4 is 0 Å². The lowest BCUT2D eigenvalue weighted by atomic mass is 9.54. The number of fused-ring (bicyclic) bond motifs is 2. The highest BCUT2D eigenvalue weighted by atomic mass is 32.1. The third-order valence-corrected chi connectivity index (χ3v) is 8.19. The molecule has 4 heteroatoms. The Balaban J connectivity index is 1.84. The van der Waals surface area contributed by atoms with Crippen LogP contribution in [0.2, 0.25) is 0 Å². The van der Waals surface area contributed by atoms with Gasteiger partial charge in [-0.2, -0.15) is 5.26 Å². The number of hydrogen-bond donors (Lipinski definition) is 0. The number of aryl methyl sites for hydroxylation is 1. The summed E-state index contributed by atoms with van der Waals surface area (Å²) in [5.41, 5.74) is 0.829. The minimum Gasteiger partial charge on any atom is -0.299 e. The number of nitriles is 1. The largest absolute Gasteiger partial charge is 0.299 e. The number of ketones is 2. The van der Waals surface area contributed by atoms with Crippen molar-refractivity contribution in [3.8, 4) is 6.07 Å². The average Bonchev–Trinajstić information content (AvgIpc) is 3.32. The molecule has 130 valence electrons. The van der Waals surface area contributed by atoms with E-state index in [1.54, 1.807) is 18.3 Å². The number of nitrogens with zero attached hydrogens (tertiary/aromatic N) is 1. The van der Waals surface area contributed by atoms with Crippen molar-refractivity contribution in [1.29, 1.82) is 5.26 Å². The molecule has 26 heavy (non-hydrogen) atoms. The molecule has 0 saturated heterocycles. The van der Waals surface area contributed by atoms with Gasteiger partial charge in [0.15, 0.2) is 5.78 Å². The van der Waals surface area contributed by atoms with Crippen LogP contribution in [0.4, 0.5) is 0 Å². The molecule has 2 bridgehead atoms. The number of Topliss-reactive ketones (excluding diaryl/α,β-unsaturated/α-hetero) is 2. The summed E-state index contributed by atoms with van der Waals surface area (Å²) < 4.78 is 0. The average molecular weight is 361 g/mol. The van der Waals surface area contributed by atoms with E-state index in [1.165, 1.54) is 5.56 Å². The van der Waals surface area contributed by atoms with Gasteiger partial charge in [0.05, 0.1) is 11.5 Å². The second-order valence-electron chi connectivity index (χ2n) is 7.97. The predicted molar refractivity (Wildman–Crippen MR) is 98.8 cm³/mol. The molecule has 0 aliphatic heterocycles. The highest BCUT2D eigenvalue weighted by molar-refractivity contribution is 7.10. The first-order valence-corrected chi connectivity index (χ1v) is 10.0. The standard InChI is InChI=1S/C22H19NO2S/c1-13(24)21-12-22(17(11-23)20(21)25)15-6-3-2-5-14(15)8-9-16(22)19(21)18-7-4-10-26-18/h2-7,10,16-17,19H,8-9,12H2,1H3/t16-,17?,19+,21-,22+/m1/s1. The van der Waals surface area contributed by atoms with Gasteiger partial charge in [-0.05, 0) is 54.7 Å². The Morgan fingerprint density at radius 3 is 2.77 bits per heavy atom. The Labute approximate surface area is 156 Å². The Hall–Kier alpha value is -2.25. The third-order valence-electron chi connectivity index (χ3n) is 7.23. The highest BCUT2D eigenvalue weighted by Gasteiger charge is 2.77. The van der Waals surface area contributed by atoms with Crippen LogP contribution >= 0.6 is 11.3 Å². The van der Waals surface area contributed by atoms with Crippen molar-refractivity contribution in [1.82, 2.24) is 0 Å².